The quantitative estimate of drug-likeness (QED) is 0.904. The minimum Gasteiger partial charge on any atom is -0.486 e. The van der Waals surface area contributed by atoms with Crippen LogP contribution in [0.5, 0.6) is 5.75 Å². The number of hydrogen-bond acceptors (Lipinski definition) is 2. The fourth-order valence-electron chi connectivity index (χ4n) is 2.34. The molecule has 0 unspecified atom stereocenters. The average Bonchev–Trinajstić information content (AvgIpc) is 2.46. The lowest BCUT2D eigenvalue weighted by atomic mass is 10.0. The molecule has 3 heteroatoms. The molecule has 2 nitrogen and oxygen atoms in total. The number of anilines is 1. The molecule has 0 bridgehead atoms. The third-order valence-electron chi connectivity index (χ3n) is 3.34. The molecule has 0 radical (unpaired) electrons. The molecule has 1 aliphatic heterocycles. The number of hydrogen-bond donors (Lipinski definition) is 1. The fourth-order valence-corrected chi connectivity index (χ4v) is 2.34. The van der Waals surface area contributed by atoms with E-state index >= 15 is 0 Å². The molecule has 0 aliphatic carbocycles. The molecule has 98 valence electrons. The number of nitrogens with one attached hydrogen (secondary N) is 1. The molecule has 0 amide bonds. The lowest BCUT2D eigenvalue weighted by Gasteiger charge is -2.18. The first-order chi connectivity index (χ1) is 9.33. The highest BCUT2D eigenvalue weighted by molar-refractivity contribution is 5.54. The van der Waals surface area contributed by atoms with Gasteiger partial charge in [-0.05, 0) is 42.2 Å². The van der Waals surface area contributed by atoms with Crippen LogP contribution in [0.2, 0.25) is 0 Å². The van der Waals surface area contributed by atoms with Gasteiger partial charge in [0.1, 0.15) is 6.61 Å². The van der Waals surface area contributed by atoms with Crippen LogP contribution in [0, 0.1) is 5.82 Å². The van der Waals surface area contributed by atoms with Crippen molar-refractivity contribution in [2.45, 2.75) is 19.4 Å². The van der Waals surface area contributed by atoms with Gasteiger partial charge in [-0.2, -0.15) is 0 Å². The van der Waals surface area contributed by atoms with Gasteiger partial charge in [-0.3, -0.25) is 0 Å². The van der Waals surface area contributed by atoms with Crippen LogP contribution in [-0.4, -0.2) is 6.54 Å². The molecule has 2 aromatic carbocycles. The number of halogens is 1. The molecule has 0 aromatic heterocycles. The maximum absolute atomic E-state index is 13.4. The molecular formula is C16H16FNO. The predicted octanol–water partition coefficient (Wildman–Crippen LogP) is 3.76. The second-order valence-corrected chi connectivity index (χ2v) is 4.74. The average molecular weight is 257 g/mol. The van der Waals surface area contributed by atoms with Gasteiger partial charge < -0.3 is 10.1 Å². The van der Waals surface area contributed by atoms with Gasteiger partial charge in [0.05, 0.1) is 0 Å². The second-order valence-electron chi connectivity index (χ2n) is 4.74. The maximum atomic E-state index is 13.4. The Bertz CT molecular complexity index is 583. The Balaban J connectivity index is 1.72. The van der Waals surface area contributed by atoms with Crippen LogP contribution in [0.3, 0.4) is 0 Å². The molecule has 0 saturated carbocycles. The smallest absolute Gasteiger partial charge is 0.165 e. The molecule has 0 atom stereocenters. The van der Waals surface area contributed by atoms with Gasteiger partial charge in [0.15, 0.2) is 11.6 Å². The molecular weight excluding hydrogens is 241 g/mol. The van der Waals surface area contributed by atoms with E-state index in [0.29, 0.717) is 12.4 Å². The van der Waals surface area contributed by atoms with Gasteiger partial charge in [0, 0.05) is 12.2 Å². The molecule has 0 spiro atoms. The number of benzene rings is 2. The van der Waals surface area contributed by atoms with E-state index in [-0.39, 0.29) is 5.82 Å². The lowest BCUT2D eigenvalue weighted by molar-refractivity contribution is 0.290. The van der Waals surface area contributed by atoms with Crippen molar-refractivity contribution in [1.82, 2.24) is 0 Å². The van der Waals surface area contributed by atoms with E-state index in [1.807, 2.05) is 6.07 Å². The number of ether oxygens (including phenoxy) is 1. The topological polar surface area (TPSA) is 21.3 Å². The summed E-state index contributed by atoms with van der Waals surface area (Å²) in [6.45, 7) is 1.44. The van der Waals surface area contributed by atoms with Gasteiger partial charge in [0.25, 0.3) is 0 Å². The van der Waals surface area contributed by atoms with Gasteiger partial charge in [-0.15, -0.1) is 0 Å². The van der Waals surface area contributed by atoms with Crippen LogP contribution in [0.1, 0.15) is 17.5 Å². The molecule has 1 N–H and O–H groups in total. The summed E-state index contributed by atoms with van der Waals surface area (Å²) in [6.07, 6.45) is 2.25. The van der Waals surface area contributed by atoms with Crippen LogP contribution in [-0.2, 0) is 13.0 Å². The third-order valence-corrected chi connectivity index (χ3v) is 3.34. The van der Waals surface area contributed by atoms with Crippen LogP contribution < -0.4 is 10.1 Å². The summed E-state index contributed by atoms with van der Waals surface area (Å²) in [5.74, 6) is -0.0135. The Morgan fingerprint density at radius 1 is 1.16 bits per heavy atom. The van der Waals surface area contributed by atoms with Gasteiger partial charge in [0.2, 0.25) is 0 Å². The fraction of sp³-hybridized carbons (Fsp3) is 0.250. The summed E-state index contributed by atoms with van der Waals surface area (Å²) in [5, 5.41) is 3.37. The van der Waals surface area contributed by atoms with Crippen molar-refractivity contribution in [1.29, 1.82) is 0 Å². The van der Waals surface area contributed by atoms with Crippen molar-refractivity contribution in [2.24, 2.45) is 0 Å². The first-order valence-corrected chi connectivity index (χ1v) is 6.56. The number of fused-ring (bicyclic) bond motifs is 1. The zero-order valence-electron chi connectivity index (χ0n) is 10.7. The molecule has 1 heterocycles. The largest absolute Gasteiger partial charge is 0.486 e. The standard InChI is InChI=1S/C16H16FNO/c17-14-5-1-2-6-16(14)19-11-12-7-8-15-13(10-12)4-3-9-18-15/h1-2,5-8,10,18H,3-4,9,11H2. The zero-order valence-corrected chi connectivity index (χ0v) is 10.7. The first kappa shape index (κ1) is 12.0. The normalized spacial score (nSPS) is 13.5. The van der Waals surface area contributed by atoms with Crippen LogP contribution in [0.15, 0.2) is 42.5 Å². The van der Waals surface area contributed by atoms with E-state index in [1.54, 1.807) is 18.2 Å². The van der Waals surface area contributed by atoms with E-state index in [2.05, 4.69) is 17.4 Å². The van der Waals surface area contributed by atoms with Crippen molar-refractivity contribution >= 4 is 5.69 Å². The van der Waals surface area contributed by atoms with Crippen molar-refractivity contribution in [3.8, 4) is 5.75 Å². The van der Waals surface area contributed by atoms with Crippen molar-refractivity contribution in [3.63, 3.8) is 0 Å². The Hall–Kier alpha value is -2.03. The predicted molar refractivity (Wildman–Crippen MR) is 74.0 cm³/mol. The van der Waals surface area contributed by atoms with E-state index in [9.17, 15) is 4.39 Å². The Morgan fingerprint density at radius 2 is 2.05 bits per heavy atom. The van der Waals surface area contributed by atoms with E-state index in [4.69, 9.17) is 4.74 Å². The minimum absolute atomic E-state index is 0.304. The van der Waals surface area contributed by atoms with Crippen LogP contribution in [0.4, 0.5) is 10.1 Å². The highest BCUT2D eigenvalue weighted by Gasteiger charge is 2.09. The number of rotatable bonds is 3. The van der Waals surface area contributed by atoms with Crippen molar-refractivity contribution < 1.29 is 9.13 Å². The van der Waals surface area contributed by atoms with Gasteiger partial charge >= 0.3 is 0 Å². The second kappa shape index (κ2) is 5.31. The molecule has 1 aliphatic rings. The summed E-state index contributed by atoms with van der Waals surface area (Å²) in [4.78, 5) is 0. The lowest BCUT2D eigenvalue weighted by Crippen LogP contribution is -2.12. The summed E-state index contributed by atoms with van der Waals surface area (Å²) in [7, 11) is 0. The van der Waals surface area contributed by atoms with E-state index < -0.39 is 0 Å². The highest BCUT2D eigenvalue weighted by atomic mass is 19.1. The van der Waals surface area contributed by atoms with Crippen molar-refractivity contribution in [2.75, 3.05) is 11.9 Å². The van der Waals surface area contributed by atoms with E-state index in [0.717, 1.165) is 24.9 Å². The van der Waals surface area contributed by atoms with Gasteiger partial charge in [-0.25, -0.2) is 4.39 Å². The SMILES string of the molecule is Fc1ccccc1OCc1ccc2c(c1)CCCN2. The Morgan fingerprint density at radius 3 is 2.95 bits per heavy atom. The van der Waals surface area contributed by atoms with Crippen LogP contribution >= 0.6 is 0 Å². The Labute approximate surface area is 112 Å². The summed E-state index contributed by atoms with van der Waals surface area (Å²) < 4.78 is 18.9. The summed E-state index contributed by atoms with van der Waals surface area (Å²) in [5.41, 5.74) is 3.60. The molecule has 3 rings (SSSR count). The first-order valence-electron chi connectivity index (χ1n) is 6.56. The summed E-state index contributed by atoms with van der Waals surface area (Å²) >= 11 is 0. The van der Waals surface area contributed by atoms with Crippen molar-refractivity contribution in [3.05, 3.63) is 59.4 Å². The Kier molecular flexibility index (Phi) is 3.36. The minimum atomic E-state index is -0.317. The maximum Gasteiger partial charge on any atom is 0.165 e. The number of aryl methyl sites for hydroxylation is 1. The molecule has 0 saturated heterocycles. The molecule has 2 aromatic rings. The highest BCUT2D eigenvalue weighted by Crippen LogP contribution is 2.24. The zero-order chi connectivity index (χ0) is 13.1. The summed E-state index contributed by atoms with van der Waals surface area (Å²) in [6, 6.07) is 12.7. The number of para-hydroxylation sites is 1. The van der Waals surface area contributed by atoms with Gasteiger partial charge in [-0.1, -0.05) is 24.3 Å². The molecule has 0 fully saturated rings. The van der Waals surface area contributed by atoms with E-state index in [1.165, 1.54) is 17.3 Å². The monoisotopic (exact) mass is 257 g/mol. The van der Waals surface area contributed by atoms with Crippen LogP contribution in [0.25, 0.3) is 0 Å². The third kappa shape index (κ3) is 2.70. The molecule has 19 heavy (non-hydrogen) atoms.